The number of hydrogen-bond acceptors (Lipinski definition) is 4. The van der Waals surface area contributed by atoms with E-state index >= 15 is 0 Å². The van der Waals surface area contributed by atoms with Crippen molar-refractivity contribution in [3.8, 4) is 0 Å². The molecule has 0 radical (unpaired) electrons. The van der Waals surface area contributed by atoms with Gasteiger partial charge in [0.25, 0.3) is 0 Å². The topological polar surface area (TPSA) is 87.9 Å². The van der Waals surface area contributed by atoms with E-state index in [9.17, 15) is 0 Å². The first-order valence-corrected chi connectivity index (χ1v) is 4.34. The van der Waals surface area contributed by atoms with E-state index in [-0.39, 0.29) is 0 Å². The van der Waals surface area contributed by atoms with Crippen LogP contribution in [0.3, 0.4) is 0 Å². The quantitative estimate of drug-likeness (QED) is 0.373. The van der Waals surface area contributed by atoms with E-state index in [0.717, 1.165) is 5.70 Å². The smallest absolute Gasteiger partial charge is 0.0633 e. The molecule has 4 heteroatoms. The lowest BCUT2D eigenvalue weighted by molar-refractivity contribution is 0.805. The van der Waals surface area contributed by atoms with Gasteiger partial charge < -0.3 is 22.2 Å². The third-order valence-electron chi connectivity index (χ3n) is 1.94. The van der Waals surface area contributed by atoms with Gasteiger partial charge >= 0.3 is 0 Å². The predicted octanol–water partition coefficient (Wildman–Crippen LogP) is 0.421. The number of nitrogens with two attached hydrogens (primary N) is 2. The highest BCUT2D eigenvalue weighted by Crippen LogP contribution is 2.22. The van der Waals surface area contributed by atoms with Crippen LogP contribution in [0.25, 0.3) is 0 Å². The number of hydrogen-bond donors (Lipinski definition) is 4. The van der Waals surface area contributed by atoms with Crippen LogP contribution in [0, 0.1) is 5.41 Å². The maximum absolute atomic E-state index is 7.15. The molecule has 0 bridgehead atoms. The summed E-state index contributed by atoms with van der Waals surface area (Å²) in [6.45, 7) is 1.80. The molecule has 0 amide bonds. The summed E-state index contributed by atoms with van der Waals surface area (Å²) in [6, 6.07) is 0.517. The van der Waals surface area contributed by atoms with Crippen LogP contribution < -0.4 is 16.8 Å². The average molecular weight is 180 g/mol. The Labute approximate surface area is 78.2 Å². The lowest BCUT2D eigenvalue weighted by Gasteiger charge is -2.11. The standard InChI is InChI=1S/C9H16N4/c1-6(12)9(7(4-10)5-11)13-8-2-3-8/h4-5,8,10,13H,2-3,11-12H2,1H3/b7-5-,9-6+,10-4?. The zero-order valence-electron chi connectivity index (χ0n) is 7.80. The Morgan fingerprint density at radius 1 is 1.54 bits per heavy atom. The highest BCUT2D eigenvalue weighted by Gasteiger charge is 2.23. The third-order valence-corrected chi connectivity index (χ3v) is 1.94. The fourth-order valence-corrected chi connectivity index (χ4v) is 1.06. The van der Waals surface area contributed by atoms with E-state index < -0.39 is 0 Å². The van der Waals surface area contributed by atoms with E-state index in [4.69, 9.17) is 16.9 Å². The molecule has 1 aliphatic carbocycles. The highest BCUT2D eigenvalue weighted by molar-refractivity contribution is 5.82. The van der Waals surface area contributed by atoms with Crippen molar-refractivity contribution < 1.29 is 0 Å². The summed E-state index contributed by atoms with van der Waals surface area (Å²) < 4.78 is 0. The maximum Gasteiger partial charge on any atom is 0.0633 e. The average Bonchev–Trinajstić information content (AvgIpc) is 2.88. The molecule has 0 aromatic carbocycles. The molecule has 1 rings (SSSR count). The molecule has 0 atom stereocenters. The van der Waals surface area contributed by atoms with E-state index in [1.54, 1.807) is 6.92 Å². The highest BCUT2D eigenvalue weighted by atomic mass is 15.0. The van der Waals surface area contributed by atoms with Gasteiger partial charge in [0.05, 0.1) is 5.70 Å². The van der Waals surface area contributed by atoms with Crippen LogP contribution in [-0.2, 0) is 0 Å². The predicted molar refractivity (Wildman–Crippen MR) is 54.1 cm³/mol. The first kappa shape index (κ1) is 9.64. The van der Waals surface area contributed by atoms with Crippen LogP contribution in [-0.4, -0.2) is 12.3 Å². The SMILES string of the molecule is C/C(N)=C(NC1CC1)/C(C=N)=C\N. The van der Waals surface area contributed by atoms with Gasteiger partial charge in [-0.25, -0.2) is 0 Å². The normalized spacial score (nSPS) is 19.3. The van der Waals surface area contributed by atoms with Crippen molar-refractivity contribution in [2.75, 3.05) is 0 Å². The summed E-state index contributed by atoms with van der Waals surface area (Å²) in [5, 5.41) is 10.4. The van der Waals surface area contributed by atoms with E-state index in [1.807, 2.05) is 0 Å². The summed E-state index contributed by atoms with van der Waals surface area (Å²) in [6.07, 6.45) is 4.95. The number of rotatable bonds is 4. The summed E-state index contributed by atoms with van der Waals surface area (Å²) >= 11 is 0. The minimum absolute atomic E-state index is 0.517. The minimum atomic E-state index is 0.517. The monoisotopic (exact) mass is 180 g/mol. The van der Waals surface area contributed by atoms with Crippen molar-refractivity contribution in [2.24, 2.45) is 11.5 Å². The summed E-state index contributed by atoms with van der Waals surface area (Å²) in [7, 11) is 0. The van der Waals surface area contributed by atoms with E-state index in [1.165, 1.54) is 25.3 Å². The Kier molecular flexibility index (Phi) is 2.95. The van der Waals surface area contributed by atoms with Gasteiger partial charge in [-0.05, 0) is 19.8 Å². The van der Waals surface area contributed by atoms with Crippen molar-refractivity contribution in [3.63, 3.8) is 0 Å². The van der Waals surface area contributed by atoms with Crippen LogP contribution in [0.15, 0.2) is 23.2 Å². The third kappa shape index (κ3) is 2.50. The van der Waals surface area contributed by atoms with Crippen molar-refractivity contribution in [2.45, 2.75) is 25.8 Å². The molecule has 13 heavy (non-hydrogen) atoms. The lowest BCUT2D eigenvalue weighted by atomic mass is 10.2. The van der Waals surface area contributed by atoms with Gasteiger partial charge in [-0.2, -0.15) is 0 Å². The molecule has 1 aliphatic rings. The van der Waals surface area contributed by atoms with E-state index in [2.05, 4.69) is 5.32 Å². The van der Waals surface area contributed by atoms with Gasteiger partial charge in [0.1, 0.15) is 0 Å². The Morgan fingerprint density at radius 3 is 2.46 bits per heavy atom. The molecular formula is C9H16N4. The molecule has 0 aliphatic heterocycles. The second-order valence-corrected chi connectivity index (χ2v) is 3.24. The summed E-state index contributed by atoms with van der Waals surface area (Å²) in [5.41, 5.74) is 13.2. The van der Waals surface area contributed by atoms with Crippen molar-refractivity contribution in [1.29, 1.82) is 5.41 Å². The zero-order valence-corrected chi connectivity index (χ0v) is 7.80. The molecule has 0 spiro atoms. The molecular weight excluding hydrogens is 164 g/mol. The van der Waals surface area contributed by atoms with Crippen LogP contribution in [0.5, 0.6) is 0 Å². The second kappa shape index (κ2) is 3.98. The second-order valence-electron chi connectivity index (χ2n) is 3.24. The lowest BCUT2D eigenvalue weighted by Crippen LogP contribution is -2.22. The number of nitrogens with one attached hydrogen (secondary N) is 2. The van der Waals surface area contributed by atoms with Crippen molar-refractivity contribution >= 4 is 6.21 Å². The molecule has 0 saturated heterocycles. The van der Waals surface area contributed by atoms with E-state index in [0.29, 0.717) is 17.3 Å². The van der Waals surface area contributed by atoms with Crippen LogP contribution in [0.2, 0.25) is 0 Å². The molecule has 0 unspecified atom stereocenters. The van der Waals surface area contributed by atoms with Gasteiger partial charge in [-0.3, -0.25) is 0 Å². The molecule has 4 nitrogen and oxygen atoms in total. The largest absolute Gasteiger partial charge is 0.404 e. The Balaban J connectivity index is 2.77. The first-order chi connectivity index (χ1) is 6.19. The summed E-state index contributed by atoms with van der Waals surface area (Å²) in [5.74, 6) is 0. The van der Waals surface area contributed by atoms with Crippen molar-refractivity contribution in [1.82, 2.24) is 5.32 Å². The molecule has 0 aromatic rings. The maximum atomic E-state index is 7.15. The fraction of sp³-hybridized carbons (Fsp3) is 0.444. The van der Waals surface area contributed by atoms with Crippen molar-refractivity contribution in [3.05, 3.63) is 23.2 Å². The molecule has 6 N–H and O–H groups in total. The fourth-order valence-electron chi connectivity index (χ4n) is 1.06. The number of allylic oxidation sites excluding steroid dienone is 2. The molecule has 1 fully saturated rings. The Morgan fingerprint density at radius 2 is 2.15 bits per heavy atom. The summed E-state index contributed by atoms with van der Waals surface area (Å²) in [4.78, 5) is 0. The van der Waals surface area contributed by atoms with Gasteiger partial charge in [-0.15, -0.1) is 0 Å². The van der Waals surface area contributed by atoms with Gasteiger partial charge in [0.2, 0.25) is 0 Å². The molecule has 0 heterocycles. The molecule has 1 saturated carbocycles. The zero-order chi connectivity index (χ0) is 9.84. The van der Waals surface area contributed by atoms with Crippen LogP contribution in [0.4, 0.5) is 0 Å². The van der Waals surface area contributed by atoms with Crippen LogP contribution >= 0.6 is 0 Å². The first-order valence-electron chi connectivity index (χ1n) is 4.34. The Hall–Kier alpha value is -1.45. The molecule has 72 valence electrons. The Bertz CT molecular complexity index is 257. The van der Waals surface area contributed by atoms with Gasteiger partial charge in [-0.1, -0.05) is 0 Å². The van der Waals surface area contributed by atoms with Crippen LogP contribution in [0.1, 0.15) is 19.8 Å². The van der Waals surface area contributed by atoms with Gasteiger partial charge in [0, 0.05) is 29.7 Å². The molecule has 0 aromatic heterocycles. The minimum Gasteiger partial charge on any atom is -0.404 e. The van der Waals surface area contributed by atoms with Gasteiger partial charge in [0.15, 0.2) is 0 Å².